The van der Waals surface area contributed by atoms with E-state index in [2.05, 4.69) is 5.32 Å². The first kappa shape index (κ1) is 32.5. The SMILES string of the molecule is CCC(C(=O)NCC(C)C)N(Cc1ccccc1C)C(=O)CN(c1cc(OC)ccc1OC)S(=O)(=O)c1ccccc1. The van der Waals surface area contributed by atoms with E-state index in [1.807, 2.05) is 52.0 Å². The molecule has 0 fully saturated rings. The van der Waals surface area contributed by atoms with Crippen LogP contribution in [-0.4, -0.2) is 58.5 Å². The Morgan fingerprint density at radius 1 is 0.929 bits per heavy atom. The van der Waals surface area contributed by atoms with Crippen LogP contribution in [0, 0.1) is 12.8 Å². The maximum absolute atomic E-state index is 14.3. The van der Waals surface area contributed by atoms with Crippen LogP contribution >= 0.6 is 0 Å². The van der Waals surface area contributed by atoms with Crippen molar-refractivity contribution in [2.75, 3.05) is 31.6 Å². The van der Waals surface area contributed by atoms with Gasteiger partial charge in [0.1, 0.15) is 24.1 Å². The fourth-order valence-electron chi connectivity index (χ4n) is 4.54. The van der Waals surface area contributed by atoms with Gasteiger partial charge in [0.25, 0.3) is 10.0 Å². The molecule has 0 bridgehead atoms. The van der Waals surface area contributed by atoms with Crippen molar-refractivity contribution in [2.24, 2.45) is 5.92 Å². The van der Waals surface area contributed by atoms with E-state index in [1.165, 1.54) is 37.3 Å². The van der Waals surface area contributed by atoms with Gasteiger partial charge in [-0.3, -0.25) is 13.9 Å². The zero-order valence-corrected chi connectivity index (χ0v) is 26.0. The van der Waals surface area contributed by atoms with E-state index in [1.54, 1.807) is 30.3 Å². The van der Waals surface area contributed by atoms with Crippen molar-refractivity contribution in [2.45, 2.75) is 51.6 Å². The molecule has 1 unspecified atom stereocenters. The number of hydrogen-bond donors (Lipinski definition) is 1. The molecule has 42 heavy (non-hydrogen) atoms. The van der Waals surface area contributed by atoms with Gasteiger partial charge in [-0.25, -0.2) is 8.42 Å². The highest BCUT2D eigenvalue weighted by atomic mass is 32.2. The minimum atomic E-state index is -4.25. The molecule has 0 aliphatic rings. The predicted molar refractivity (Wildman–Crippen MR) is 164 cm³/mol. The Balaban J connectivity index is 2.13. The summed E-state index contributed by atoms with van der Waals surface area (Å²) in [4.78, 5) is 29.1. The Kier molecular flexibility index (Phi) is 11.4. The quantitative estimate of drug-likeness (QED) is 0.288. The molecule has 0 aliphatic carbocycles. The summed E-state index contributed by atoms with van der Waals surface area (Å²) < 4.78 is 40.1. The van der Waals surface area contributed by atoms with E-state index < -0.39 is 28.5 Å². The van der Waals surface area contributed by atoms with Crippen LogP contribution in [0.15, 0.2) is 77.7 Å². The number of rotatable bonds is 14. The van der Waals surface area contributed by atoms with E-state index in [0.717, 1.165) is 15.4 Å². The number of ether oxygens (including phenoxy) is 2. The normalized spacial score (nSPS) is 12.0. The second kappa shape index (κ2) is 14.7. The molecule has 0 heterocycles. The topological polar surface area (TPSA) is 105 Å². The standard InChI is InChI=1S/C32H41N3O6S/c1-7-28(32(37)33-20-23(2)3)34(21-25-14-12-11-13-24(25)4)31(36)22-35(42(38,39)27-15-9-8-10-16-27)29-19-26(40-5)17-18-30(29)41-6/h8-19,23,28H,7,20-22H2,1-6H3,(H,33,37). The lowest BCUT2D eigenvalue weighted by molar-refractivity contribution is -0.140. The highest BCUT2D eigenvalue weighted by Gasteiger charge is 2.35. The smallest absolute Gasteiger partial charge is 0.264 e. The van der Waals surface area contributed by atoms with Gasteiger partial charge in [-0.15, -0.1) is 0 Å². The summed E-state index contributed by atoms with van der Waals surface area (Å²) in [6.45, 7) is 7.77. The zero-order valence-electron chi connectivity index (χ0n) is 25.2. The lowest BCUT2D eigenvalue weighted by atomic mass is 10.1. The molecule has 1 N–H and O–H groups in total. The monoisotopic (exact) mass is 595 g/mol. The third-order valence-corrected chi connectivity index (χ3v) is 8.71. The van der Waals surface area contributed by atoms with Gasteiger partial charge in [0.15, 0.2) is 0 Å². The van der Waals surface area contributed by atoms with Crippen molar-refractivity contribution in [1.29, 1.82) is 0 Å². The number of amides is 2. The van der Waals surface area contributed by atoms with Crippen LogP contribution in [0.2, 0.25) is 0 Å². The first-order chi connectivity index (χ1) is 20.0. The van der Waals surface area contributed by atoms with E-state index in [0.29, 0.717) is 18.7 Å². The van der Waals surface area contributed by atoms with Crippen LogP contribution in [0.5, 0.6) is 11.5 Å². The summed E-state index contributed by atoms with van der Waals surface area (Å²) in [5.41, 5.74) is 1.95. The number of benzene rings is 3. The van der Waals surface area contributed by atoms with Crippen LogP contribution < -0.4 is 19.1 Å². The number of carbonyl (C=O) groups excluding carboxylic acids is 2. The Morgan fingerprint density at radius 3 is 2.19 bits per heavy atom. The van der Waals surface area contributed by atoms with Gasteiger partial charge in [-0.1, -0.05) is 63.2 Å². The fraction of sp³-hybridized carbons (Fsp3) is 0.375. The summed E-state index contributed by atoms with van der Waals surface area (Å²) in [5.74, 6) is 0.0378. The predicted octanol–water partition coefficient (Wildman–Crippen LogP) is 4.79. The Hall–Kier alpha value is -4.05. The molecule has 10 heteroatoms. The van der Waals surface area contributed by atoms with E-state index in [4.69, 9.17) is 9.47 Å². The number of sulfonamides is 1. The van der Waals surface area contributed by atoms with Gasteiger partial charge in [0.2, 0.25) is 11.8 Å². The summed E-state index contributed by atoms with van der Waals surface area (Å²) >= 11 is 0. The number of carbonyl (C=O) groups is 2. The van der Waals surface area contributed by atoms with Crippen LogP contribution in [0.1, 0.15) is 38.3 Å². The number of nitrogens with one attached hydrogen (secondary N) is 1. The summed E-state index contributed by atoms with van der Waals surface area (Å²) in [6.07, 6.45) is 0.343. The molecule has 0 radical (unpaired) electrons. The summed E-state index contributed by atoms with van der Waals surface area (Å²) in [5, 5.41) is 2.94. The minimum absolute atomic E-state index is 0.00912. The average molecular weight is 596 g/mol. The molecule has 2 amide bonds. The zero-order chi connectivity index (χ0) is 30.9. The van der Waals surface area contributed by atoms with Crippen LogP contribution in [0.25, 0.3) is 0 Å². The van der Waals surface area contributed by atoms with Crippen molar-refractivity contribution in [3.63, 3.8) is 0 Å². The van der Waals surface area contributed by atoms with Gasteiger partial charge in [0, 0.05) is 19.2 Å². The molecule has 9 nitrogen and oxygen atoms in total. The largest absolute Gasteiger partial charge is 0.497 e. The molecule has 0 saturated heterocycles. The van der Waals surface area contributed by atoms with Crippen molar-refractivity contribution in [3.05, 3.63) is 83.9 Å². The van der Waals surface area contributed by atoms with Gasteiger partial charge >= 0.3 is 0 Å². The average Bonchev–Trinajstić information content (AvgIpc) is 2.99. The Morgan fingerprint density at radius 2 is 1.60 bits per heavy atom. The molecule has 1 atom stereocenters. The van der Waals surface area contributed by atoms with Gasteiger partial charge in [0.05, 0.1) is 24.8 Å². The summed E-state index contributed by atoms with van der Waals surface area (Å²) in [7, 11) is -1.35. The lowest BCUT2D eigenvalue weighted by Gasteiger charge is -2.34. The fourth-order valence-corrected chi connectivity index (χ4v) is 5.98. The number of nitrogens with zero attached hydrogens (tertiary/aromatic N) is 2. The third-order valence-electron chi connectivity index (χ3n) is 6.94. The summed E-state index contributed by atoms with van der Waals surface area (Å²) in [6, 6.07) is 19.4. The lowest BCUT2D eigenvalue weighted by Crippen LogP contribution is -2.52. The van der Waals surface area contributed by atoms with Crippen molar-refractivity contribution < 1.29 is 27.5 Å². The molecule has 3 aromatic carbocycles. The van der Waals surface area contributed by atoms with Crippen LogP contribution in [0.4, 0.5) is 5.69 Å². The number of hydrogen-bond acceptors (Lipinski definition) is 6. The maximum Gasteiger partial charge on any atom is 0.264 e. The number of anilines is 1. The molecule has 3 aromatic rings. The van der Waals surface area contributed by atoms with Crippen molar-refractivity contribution in [1.82, 2.24) is 10.2 Å². The van der Waals surface area contributed by atoms with Crippen molar-refractivity contribution >= 4 is 27.5 Å². The van der Waals surface area contributed by atoms with E-state index in [9.17, 15) is 18.0 Å². The third kappa shape index (κ3) is 7.82. The molecule has 0 spiro atoms. The molecule has 0 saturated carbocycles. The highest BCUT2D eigenvalue weighted by Crippen LogP contribution is 2.36. The maximum atomic E-state index is 14.3. The number of methoxy groups -OCH3 is 2. The van der Waals surface area contributed by atoms with E-state index >= 15 is 0 Å². The second-order valence-corrected chi connectivity index (χ2v) is 12.2. The minimum Gasteiger partial charge on any atom is -0.497 e. The molecule has 226 valence electrons. The highest BCUT2D eigenvalue weighted by molar-refractivity contribution is 7.92. The molecule has 3 rings (SSSR count). The molecule has 0 aromatic heterocycles. The van der Waals surface area contributed by atoms with Crippen LogP contribution in [0.3, 0.4) is 0 Å². The molecular formula is C32H41N3O6S. The van der Waals surface area contributed by atoms with Gasteiger partial charge < -0.3 is 19.7 Å². The van der Waals surface area contributed by atoms with Crippen LogP contribution in [-0.2, 0) is 26.2 Å². The first-order valence-electron chi connectivity index (χ1n) is 13.9. The number of aryl methyl sites for hydroxylation is 1. The second-order valence-electron chi connectivity index (χ2n) is 10.4. The van der Waals surface area contributed by atoms with Gasteiger partial charge in [-0.2, -0.15) is 0 Å². The first-order valence-corrected chi connectivity index (χ1v) is 15.4. The Bertz CT molecular complexity index is 1460. The van der Waals surface area contributed by atoms with E-state index in [-0.39, 0.29) is 34.7 Å². The van der Waals surface area contributed by atoms with Gasteiger partial charge in [-0.05, 0) is 54.7 Å². The van der Waals surface area contributed by atoms with Crippen molar-refractivity contribution in [3.8, 4) is 11.5 Å². The molecular weight excluding hydrogens is 554 g/mol. The molecule has 0 aliphatic heterocycles. The Labute approximate surface area is 249 Å².